The molecule has 0 spiro atoms. The monoisotopic (exact) mass is 573 g/mol. The average Bonchev–Trinajstić information content (AvgIpc) is 3.43. The van der Waals surface area contributed by atoms with Gasteiger partial charge in [-0.2, -0.15) is 0 Å². The molecule has 5 heteroatoms. The van der Waals surface area contributed by atoms with Crippen LogP contribution in [0.15, 0.2) is 97.5 Å². The maximum atomic E-state index is 6.42. The molecule has 2 aromatic heterocycles. The number of hydrogen-bond donors (Lipinski definition) is 0. The van der Waals surface area contributed by atoms with Crippen molar-refractivity contribution in [2.45, 2.75) is 78.6 Å². The molecular weight excluding hydrogens is 530 g/mol. The van der Waals surface area contributed by atoms with Gasteiger partial charge in [0.05, 0.1) is 11.4 Å². The van der Waals surface area contributed by atoms with Crippen LogP contribution in [0.2, 0.25) is 0 Å². The summed E-state index contributed by atoms with van der Waals surface area (Å²) >= 11 is 0. The van der Waals surface area contributed by atoms with Gasteiger partial charge in [-0.3, -0.25) is 9.13 Å². The van der Waals surface area contributed by atoms with Crippen LogP contribution < -0.4 is 14.0 Å². The lowest BCUT2D eigenvalue weighted by Crippen LogP contribution is -2.30. The Balaban J connectivity index is 1.45. The second-order valence-electron chi connectivity index (χ2n) is 14.2. The number of rotatable bonds is 6. The first-order valence-electron chi connectivity index (χ1n) is 14.9. The van der Waals surface area contributed by atoms with E-state index >= 15 is 0 Å². The van der Waals surface area contributed by atoms with Crippen LogP contribution in [0.5, 0.6) is 23.1 Å². The summed E-state index contributed by atoms with van der Waals surface area (Å²) in [5, 5.41) is 0. The summed E-state index contributed by atoms with van der Waals surface area (Å²) in [6.45, 7) is 20.1. The van der Waals surface area contributed by atoms with Gasteiger partial charge in [0, 0.05) is 30.7 Å². The van der Waals surface area contributed by atoms with Gasteiger partial charge in [-0.25, -0.2) is 4.98 Å². The third-order valence-electron chi connectivity index (χ3n) is 7.45. The minimum atomic E-state index is -0.0890. The summed E-state index contributed by atoms with van der Waals surface area (Å²) in [6, 6.07) is 26.6. The number of ether oxygens (including phenoxy) is 2. The van der Waals surface area contributed by atoms with Crippen LogP contribution in [0.1, 0.15) is 79.0 Å². The maximum absolute atomic E-state index is 6.42. The van der Waals surface area contributed by atoms with E-state index in [-0.39, 0.29) is 16.2 Å². The Bertz CT molecular complexity index is 1680. The van der Waals surface area contributed by atoms with Gasteiger partial charge in [0.15, 0.2) is 0 Å². The van der Waals surface area contributed by atoms with Gasteiger partial charge in [0.2, 0.25) is 5.88 Å². The largest absolute Gasteiger partial charge is 0.458 e. The van der Waals surface area contributed by atoms with Crippen molar-refractivity contribution in [3.05, 3.63) is 120 Å². The van der Waals surface area contributed by atoms with E-state index in [0.717, 1.165) is 22.7 Å². The Morgan fingerprint density at radius 2 is 1.26 bits per heavy atom. The highest BCUT2D eigenvalue weighted by Gasteiger charge is 2.21. The summed E-state index contributed by atoms with van der Waals surface area (Å²) in [7, 11) is 0. The zero-order valence-corrected chi connectivity index (χ0v) is 26.9. The highest BCUT2D eigenvalue weighted by molar-refractivity contribution is 5.46. The van der Waals surface area contributed by atoms with E-state index in [1.54, 1.807) is 6.20 Å². The van der Waals surface area contributed by atoms with Crippen molar-refractivity contribution in [3.63, 3.8) is 0 Å². The lowest BCUT2D eigenvalue weighted by molar-refractivity contribution is -0.599. The Kier molecular flexibility index (Phi) is 7.95. The van der Waals surface area contributed by atoms with Gasteiger partial charge in [-0.05, 0) is 81.5 Å². The van der Waals surface area contributed by atoms with Crippen molar-refractivity contribution in [3.8, 4) is 34.5 Å². The predicted octanol–water partition coefficient (Wildman–Crippen LogP) is 9.43. The Labute approximate surface area is 256 Å². The first kappa shape index (κ1) is 30.1. The number of hydrogen-bond acceptors (Lipinski definition) is 3. The lowest BCUT2D eigenvalue weighted by atomic mass is 9.80. The van der Waals surface area contributed by atoms with E-state index in [4.69, 9.17) is 9.47 Å². The maximum Gasteiger partial charge on any atom is 0.268 e. The highest BCUT2D eigenvalue weighted by Crippen LogP contribution is 2.35. The summed E-state index contributed by atoms with van der Waals surface area (Å²) in [6.07, 6.45) is 9.31. The Morgan fingerprint density at radius 1 is 0.628 bits per heavy atom. The van der Waals surface area contributed by atoms with Crippen molar-refractivity contribution < 1.29 is 14.0 Å². The molecule has 0 N–H and O–H groups in total. The fourth-order valence-electron chi connectivity index (χ4n) is 4.70. The number of imidazole rings is 1. The number of benzene rings is 3. The normalized spacial score (nSPS) is 12.3. The highest BCUT2D eigenvalue weighted by atomic mass is 16.5. The van der Waals surface area contributed by atoms with Crippen LogP contribution in [0.3, 0.4) is 0 Å². The van der Waals surface area contributed by atoms with Gasteiger partial charge < -0.3 is 9.47 Å². The van der Waals surface area contributed by atoms with Gasteiger partial charge >= 0.3 is 0 Å². The van der Waals surface area contributed by atoms with Crippen molar-refractivity contribution >= 4 is 0 Å². The molecule has 0 saturated carbocycles. The molecule has 5 nitrogen and oxygen atoms in total. The minimum absolute atomic E-state index is 0.0393. The van der Waals surface area contributed by atoms with Gasteiger partial charge in [0.1, 0.15) is 17.2 Å². The SMILES string of the molecule is CC(C)(C)c1cc(Oc2cccc(-n3[c-][n+](-c4cc(C(C)(C)C)cc(C(C)(C)C)c4)cc3)c2)cc(Oc2ccccn2)c1. The van der Waals surface area contributed by atoms with Crippen LogP contribution in [-0.4, -0.2) is 9.55 Å². The van der Waals surface area contributed by atoms with Crippen LogP contribution >= 0.6 is 0 Å². The third kappa shape index (κ3) is 7.34. The number of pyridine rings is 1. The van der Waals surface area contributed by atoms with Crippen LogP contribution in [0.25, 0.3) is 11.4 Å². The molecule has 3 aromatic carbocycles. The Hall–Kier alpha value is -4.38. The van der Waals surface area contributed by atoms with Gasteiger partial charge in [-0.15, -0.1) is 0 Å². The van der Waals surface area contributed by atoms with Crippen molar-refractivity contribution in [2.75, 3.05) is 0 Å². The Morgan fingerprint density at radius 3 is 1.86 bits per heavy atom. The quantitative estimate of drug-likeness (QED) is 0.150. The summed E-state index contributed by atoms with van der Waals surface area (Å²) in [4.78, 5) is 4.31. The molecule has 0 bridgehead atoms. The molecule has 0 amide bonds. The number of nitrogens with zero attached hydrogens (tertiary/aromatic N) is 3. The molecule has 0 radical (unpaired) electrons. The fourth-order valence-corrected chi connectivity index (χ4v) is 4.70. The molecule has 0 unspecified atom stereocenters. The first-order valence-corrected chi connectivity index (χ1v) is 14.9. The van der Waals surface area contributed by atoms with Crippen molar-refractivity contribution in [1.82, 2.24) is 9.55 Å². The van der Waals surface area contributed by atoms with E-state index in [1.165, 1.54) is 11.1 Å². The molecule has 43 heavy (non-hydrogen) atoms. The fraction of sp³-hybridized carbons (Fsp3) is 0.316. The second-order valence-corrected chi connectivity index (χ2v) is 14.2. The average molecular weight is 574 g/mol. The molecule has 0 aliphatic carbocycles. The van der Waals surface area contributed by atoms with Crippen LogP contribution in [0, 0.1) is 6.33 Å². The van der Waals surface area contributed by atoms with Gasteiger partial charge in [0.25, 0.3) is 6.33 Å². The first-order chi connectivity index (χ1) is 20.1. The van der Waals surface area contributed by atoms with E-state index < -0.39 is 0 Å². The molecule has 0 fully saturated rings. The molecular formula is C38H43N3O2. The van der Waals surface area contributed by atoms with Crippen LogP contribution in [-0.2, 0) is 16.2 Å². The zero-order chi connectivity index (χ0) is 31.0. The standard InChI is InChI=1S/C38H43N3O2/c1-36(2,3)27-19-28(37(4,5)6)21-31(20-27)41-18-17-40(26-41)30-13-12-14-32(24-30)42-33-22-29(38(7,8)9)23-34(25-33)43-35-15-10-11-16-39-35/h10-25H,1-9H3. The second kappa shape index (κ2) is 11.4. The number of aromatic nitrogens is 3. The molecule has 0 atom stereocenters. The lowest BCUT2D eigenvalue weighted by Gasteiger charge is -2.26. The molecule has 222 valence electrons. The summed E-state index contributed by atoms with van der Waals surface area (Å²) in [5.41, 5.74) is 5.77. The summed E-state index contributed by atoms with van der Waals surface area (Å²) in [5.74, 6) is 2.66. The molecule has 0 aliphatic rings. The molecule has 5 aromatic rings. The smallest absolute Gasteiger partial charge is 0.268 e. The predicted molar refractivity (Wildman–Crippen MR) is 173 cm³/mol. The zero-order valence-electron chi connectivity index (χ0n) is 26.9. The molecule has 0 saturated heterocycles. The molecule has 2 heterocycles. The minimum Gasteiger partial charge on any atom is -0.458 e. The summed E-state index contributed by atoms with van der Waals surface area (Å²) < 4.78 is 16.6. The van der Waals surface area contributed by atoms with Crippen molar-refractivity contribution in [2.24, 2.45) is 0 Å². The van der Waals surface area contributed by atoms with E-state index in [2.05, 4.69) is 115 Å². The van der Waals surface area contributed by atoms with Gasteiger partial charge in [-0.1, -0.05) is 80.5 Å². The van der Waals surface area contributed by atoms with E-state index in [9.17, 15) is 0 Å². The van der Waals surface area contributed by atoms with Crippen molar-refractivity contribution in [1.29, 1.82) is 0 Å². The molecule has 5 rings (SSSR count). The van der Waals surface area contributed by atoms with E-state index in [0.29, 0.717) is 17.4 Å². The topological polar surface area (TPSA) is 40.2 Å². The van der Waals surface area contributed by atoms with Crippen LogP contribution in [0.4, 0.5) is 0 Å². The third-order valence-corrected chi connectivity index (χ3v) is 7.45. The van der Waals surface area contributed by atoms with E-state index in [1.807, 2.05) is 59.3 Å². The molecule has 0 aliphatic heterocycles.